The third kappa shape index (κ3) is 5.79. The van der Waals surface area contributed by atoms with Crippen molar-refractivity contribution in [2.75, 3.05) is 30.9 Å². The van der Waals surface area contributed by atoms with Crippen molar-refractivity contribution in [1.29, 1.82) is 0 Å². The smallest absolute Gasteiger partial charge is 0.225 e. The third-order valence-electron chi connectivity index (χ3n) is 6.92. The van der Waals surface area contributed by atoms with Crippen molar-refractivity contribution >= 4 is 22.7 Å². The normalized spacial score (nSPS) is 17.8. The Kier molecular flexibility index (Phi) is 7.37. The molecule has 6 nitrogen and oxygen atoms in total. The van der Waals surface area contributed by atoms with Gasteiger partial charge in [-0.05, 0) is 79.6 Å². The molecule has 0 atom stereocenters. The molecular formula is C29H33FN6. The van der Waals surface area contributed by atoms with Gasteiger partial charge in [0.15, 0.2) is 0 Å². The molecule has 36 heavy (non-hydrogen) atoms. The number of benzene rings is 2. The zero-order chi connectivity index (χ0) is 24.9. The lowest BCUT2D eigenvalue weighted by Gasteiger charge is -2.29. The molecular weight excluding hydrogens is 451 g/mol. The maximum absolute atomic E-state index is 13.2. The monoisotopic (exact) mass is 484 g/mol. The second kappa shape index (κ2) is 11.0. The number of fused-ring (bicyclic) bond motifs is 1. The number of aromatic nitrogens is 3. The van der Waals surface area contributed by atoms with Crippen molar-refractivity contribution in [1.82, 2.24) is 20.3 Å². The minimum atomic E-state index is -0.224. The Bertz CT molecular complexity index is 1300. The van der Waals surface area contributed by atoms with Gasteiger partial charge in [0.1, 0.15) is 11.6 Å². The van der Waals surface area contributed by atoms with E-state index < -0.39 is 0 Å². The molecule has 2 aromatic heterocycles. The first-order valence-electron chi connectivity index (χ1n) is 12.7. The highest BCUT2D eigenvalue weighted by Crippen LogP contribution is 2.28. The van der Waals surface area contributed by atoms with Gasteiger partial charge >= 0.3 is 0 Å². The summed E-state index contributed by atoms with van der Waals surface area (Å²) in [4.78, 5) is 16.0. The lowest BCUT2D eigenvalue weighted by atomic mass is 9.86. The van der Waals surface area contributed by atoms with E-state index in [1.54, 1.807) is 12.1 Å². The molecule has 1 aliphatic carbocycles. The summed E-state index contributed by atoms with van der Waals surface area (Å²) < 4.78 is 13.2. The quantitative estimate of drug-likeness (QED) is 0.337. The molecule has 1 aliphatic rings. The van der Waals surface area contributed by atoms with Crippen LogP contribution < -0.4 is 15.5 Å². The fourth-order valence-electron chi connectivity index (χ4n) is 4.96. The lowest BCUT2D eigenvalue weighted by Crippen LogP contribution is -2.31. The number of rotatable bonds is 8. The van der Waals surface area contributed by atoms with Gasteiger partial charge in [-0.2, -0.15) is 4.98 Å². The van der Waals surface area contributed by atoms with Crippen LogP contribution in [0.25, 0.3) is 22.0 Å². The Morgan fingerprint density at radius 2 is 1.69 bits per heavy atom. The molecule has 0 unspecified atom stereocenters. The summed E-state index contributed by atoms with van der Waals surface area (Å²) in [6, 6.07) is 17.2. The molecule has 0 spiro atoms. The standard InChI is InChI=1S/C29H33FN6/c1-36(2)28-26-5-3-4-6-27(26)34-29(35-28)33-25-13-7-20(8-14-25)16-31-17-21-15-23(19-32-18-21)22-9-11-24(30)12-10-22/h3-6,9-12,15,18-20,25,31H,7-8,13-14,16-17H2,1-2H3,(H,33,34,35)/t20-,25+. The van der Waals surface area contributed by atoms with E-state index >= 15 is 0 Å². The fraction of sp³-hybridized carbons (Fsp3) is 0.345. The van der Waals surface area contributed by atoms with Crippen molar-refractivity contribution in [3.63, 3.8) is 0 Å². The highest BCUT2D eigenvalue weighted by Gasteiger charge is 2.22. The summed E-state index contributed by atoms with van der Waals surface area (Å²) in [7, 11) is 4.04. The SMILES string of the molecule is CN(C)c1nc(N[C@H]2CC[C@@H](CNCc3cncc(-c4ccc(F)cc4)c3)CC2)nc2ccccc12. The first-order chi connectivity index (χ1) is 17.5. The number of halogens is 1. The number of para-hydroxylation sites is 1. The van der Waals surface area contributed by atoms with E-state index in [0.29, 0.717) is 17.9 Å². The van der Waals surface area contributed by atoms with Crippen molar-refractivity contribution in [2.45, 2.75) is 38.3 Å². The number of hydrogen-bond acceptors (Lipinski definition) is 6. The van der Waals surface area contributed by atoms with E-state index in [0.717, 1.165) is 59.3 Å². The molecule has 2 heterocycles. The number of nitrogens with zero attached hydrogens (tertiary/aromatic N) is 4. The molecule has 0 aliphatic heterocycles. The average Bonchev–Trinajstić information content (AvgIpc) is 2.90. The highest BCUT2D eigenvalue weighted by molar-refractivity contribution is 5.90. The van der Waals surface area contributed by atoms with E-state index in [-0.39, 0.29) is 5.82 Å². The van der Waals surface area contributed by atoms with Gasteiger partial charge in [-0.3, -0.25) is 4.98 Å². The first-order valence-corrected chi connectivity index (χ1v) is 12.7. The van der Waals surface area contributed by atoms with Gasteiger partial charge in [0.2, 0.25) is 5.95 Å². The fourth-order valence-corrected chi connectivity index (χ4v) is 4.96. The highest BCUT2D eigenvalue weighted by atomic mass is 19.1. The molecule has 7 heteroatoms. The molecule has 2 aromatic carbocycles. The zero-order valence-corrected chi connectivity index (χ0v) is 20.9. The van der Waals surface area contributed by atoms with Crippen LogP contribution in [0.2, 0.25) is 0 Å². The summed E-state index contributed by atoms with van der Waals surface area (Å²) >= 11 is 0. The van der Waals surface area contributed by atoms with Crippen molar-refractivity contribution in [3.05, 3.63) is 78.4 Å². The maximum atomic E-state index is 13.2. The van der Waals surface area contributed by atoms with E-state index in [1.807, 2.05) is 49.6 Å². The predicted molar refractivity (Wildman–Crippen MR) is 145 cm³/mol. The number of hydrogen-bond donors (Lipinski definition) is 2. The van der Waals surface area contributed by atoms with Gasteiger partial charge < -0.3 is 15.5 Å². The molecule has 0 saturated heterocycles. The van der Waals surface area contributed by atoms with Crippen molar-refractivity contribution < 1.29 is 4.39 Å². The van der Waals surface area contributed by atoms with E-state index in [4.69, 9.17) is 9.97 Å². The van der Waals surface area contributed by atoms with Crippen LogP contribution in [0.3, 0.4) is 0 Å². The Balaban J connectivity index is 1.11. The van der Waals surface area contributed by atoms with Crippen molar-refractivity contribution in [3.8, 4) is 11.1 Å². The number of anilines is 2. The van der Waals surface area contributed by atoms with Crippen LogP contribution in [0.4, 0.5) is 16.2 Å². The maximum Gasteiger partial charge on any atom is 0.225 e. The Morgan fingerprint density at radius 1 is 0.917 bits per heavy atom. The molecule has 1 fully saturated rings. The Labute approximate surface area is 212 Å². The van der Waals surface area contributed by atoms with E-state index in [1.165, 1.54) is 25.0 Å². The molecule has 1 saturated carbocycles. The van der Waals surface area contributed by atoms with Crippen LogP contribution in [0.5, 0.6) is 0 Å². The van der Waals surface area contributed by atoms with Crippen LogP contribution in [-0.2, 0) is 6.54 Å². The predicted octanol–water partition coefficient (Wildman–Crippen LogP) is 5.66. The summed E-state index contributed by atoms with van der Waals surface area (Å²) in [5.74, 6) is 2.09. The minimum Gasteiger partial charge on any atom is -0.362 e. The number of nitrogens with one attached hydrogen (secondary N) is 2. The van der Waals surface area contributed by atoms with E-state index in [9.17, 15) is 4.39 Å². The summed E-state index contributed by atoms with van der Waals surface area (Å²) in [6.07, 6.45) is 8.29. The summed E-state index contributed by atoms with van der Waals surface area (Å²) in [6.45, 7) is 1.77. The summed E-state index contributed by atoms with van der Waals surface area (Å²) in [5.41, 5.74) is 4.09. The number of pyridine rings is 1. The molecule has 186 valence electrons. The van der Waals surface area contributed by atoms with Gasteiger partial charge in [0.05, 0.1) is 5.52 Å². The molecule has 2 N–H and O–H groups in total. The lowest BCUT2D eigenvalue weighted by molar-refractivity contribution is 0.324. The summed E-state index contributed by atoms with van der Waals surface area (Å²) in [5, 5.41) is 8.28. The topological polar surface area (TPSA) is 66.0 Å². The van der Waals surface area contributed by atoms with Gasteiger partial charge in [-0.15, -0.1) is 0 Å². The largest absolute Gasteiger partial charge is 0.362 e. The minimum absolute atomic E-state index is 0.224. The molecule has 5 rings (SSSR count). The second-order valence-electron chi connectivity index (χ2n) is 9.86. The van der Waals surface area contributed by atoms with Gasteiger partial charge in [-0.25, -0.2) is 9.37 Å². The molecule has 0 amide bonds. The van der Waals surface area contributed by atoms with Crippen LogP contribution >= 0.6 is 0 Å². The van der Waals surface area contributed by atoms with Gasteiger partial charge in [0, 0.05) is 50.0 Å². The molecule has 0 bridgehead atoms. The van der Waals surface area contributed by atoms with E-state index in [2.05, 4.69) is 27.8 Å². The third-order valence-corrected chi connectivity index (χ3v) is 6.92. The molecule has 0 radical (unpaired) electrons. The van der Waals surface area contributed by atoms with Crippen molar-refractivity contribution in [2.24, 2.45) is 5.92 Å². The second-order valence-corrected chi connectivity index (χ2v) is 9.86. The van der Waals surface area contributed by atoms with Crippen LogP contribution in [-0.4, -0.2) is 41.6 Å². The Morgan fingerprint density at radius 3 is 2.47 bits per heavy atom. The van der Waals surface area contributed by atoms with Crippen LogP contribution in [0.15, 0.2) is 67.0 Å². The van der Waals surface area contributed by atoms with Crippen LogP contribution in [0, 0.1) is 11.7 Å². The van der Waals surface area contributed by atoms with Gasteiger partial charge in [-0.1, -0.05) is 24.3 Å². The Hall–Kier alpha value is -3.58. The molecule has 4 aromatic rings. The average molecular weight is 485 g/mol. The first kappa shape index (κ1) is 24.1. The van der Waals surface area contributed by atoms with Crippen LogP contribution in [0.1, 0.15) is 31.2 Å². The zero-order valence-electron chi connectivity index (χ0n) is 20.9. The van der Waals surface area contributed by atoms with Gasteiger partial charge in [0.25, 0.3) is 0 Å².